The molecule has 0 spiro atoms. The third kappa shape index (κ3) is 7.90. The van der Waals surface area contributed by atoms with Crippen LogP contribution in [0.15, 0.2) is 41.6 Å². The number of ether oxygens (including phenoxy) is 2. The molecule has 7 nitrogen and oxygen atoms in total. The highest BCUT2D eigenvalue weighted by atomic mass is 35.5. The van der Waals surface area contributed by atoms with E-state index in [9.17, 15) is 4.79 Å². The number of carbonyl (C=O) groups is 1. The van der Waals surface area contributed by atoms with Crippen LogP contribution < -0.4 is 14.8 Å². The normalized spacial score (nSPS) is 14.7. The van der Waals surface area contributed by atoms with E-state index in [-0.39, 0.29) is 5.91 Å². The van der Waals surface area contributed by atoms with E-state index in [2.05, 4.69) is 27.4 Å². The van der Waals surface area contributed by atoms with Gasteiger partial charge in [0.25, 0.3) is 11.1 Å². The molecule has 0 atom stereocenters. The Hall–Kier alpha value is -2.71. The van der Waals surface area contributed by atoms with Gasteiger partial charge in [0, 0.05) is 11.1 Å². The predicted octanol–water partition coefficient (Wildman–Crippen LogP) is 6.88. The molecular formula is C26H33ClN4O3S. The molecule has 0 unspecified atom stereocenters. The topological polar surface area (TPSA) is 86.2 Å². The number of anilines is 1. The Morgan fingerprint density at radius 2 is 2.06 bits per heavy atom. The summed E-state index contributed by atoms with van der Waals surface area (Å²) >= 11 is 7.44. The fraction of sp³-hybridized carbons (Fsp3) is 0.462. The number of amides is 1. The molecule has 0 aliphatic heterocycles. The molecule has 2 aromatic rings. The summed E-state index contributed by atoms with van der Waals surface area (Å²) in [7, 11) is 1.57. The minimum Gasteiger partial charge on any atom is -0.494 e. The van der Waals surface area contributed by atoms with Gasteiger partial charge in [-0.25, -0.2) is 4.98 Å². The Morgan fingerprint density at radius 1 is 1.29 bits per heavy atom. The van der Waals surface area contributed by atoms with Gasteiger partial charge >= 0.3 is 0 Å². The van der Waals surface area contributed by atoms with Gasteiger partial charge in [-0.05, 0) is 62.0 Å². The standard InChI is InChI=1S/C26H33ClN4O3S/c1-5-6-7-12-19(20(13-17(2)3)21-14-23(27)28-15-22(21)33-4)24(32)29-25-30-31-26(35-25)34-16-18-10-8-9-11-18/h7,12-15,18H,5-6,8-11,16H2,1-4H3,(H,29,30,32)/b12-7+,20-19-. The van der Waals surface area contributed by atoms with Crippen molar-refractivity contribution >= 4 is 39.5 Å². The van der Waals surface area contributed by atoms with E-state index in [1.165, 1.54) is 37.0 Å². The van der Waals surface area contributed by atoms with Crippen molar-refractivity contribution in [3.05, 3.63) is 52.4 Å². The molecule has 1 N–H and O–H groups in total. The number of nitrogens with zero attached hydrogens (tertiary/aromatic N) is 3. The molecule has 3 rings (SSSR count). The summed E-state index contributed by atoms with van der Waals surface area (Å²) in [5.41, 5.74) is 2.84. The molecule has 2 aromatic heterocycles. The lowest BCUT2D eigenvalue weighted by Crippen LogP contribution is -2.15. The van der Waals surface area contributed by atoms with Crippen molar-refractivity contribution in [2.75, 3.05) is 19.0 Å². The minimum atomic E-state index is -0.307. The Bertz CT molecular complexity index is 1100. The predicted molar refractivity (Wildman–Crippen MR) is 142 cm³/mol. The van der Waals surface area contributed by atoms with Crippen LogP contribution in [0.5, 0.6) is 10.9 Å². The molecule has 2 heterocycles. The third-order valence-electron chi connectivity index (χ3n) is 5.60. The summed E-state index contributed by atoms with van der Waals surface area (Å²) < 4.78 is 11.4. The maximum atomic E-state index is 13.5. The fourth-order valence-corrected chi connectivity index (χ4v) is 4.64. The highest BCUT2D eigenvalue weighted by Crippen LogP contribution is 2.33. The van der Waals surface area contributed by atoms with Crippen LogP contribution in [-0.4, -0.2) is 34.8 Å². The highest BCUT2D eigenvalue weighted by molar-refractivity contribution is 7.17. The van der Waals surface area contributed by atoms with Gasteiger partial charge in [-0.15, -0.1) is 5.10 Å². The van der Waals surface area contributed by atoms with Crippen molar-refractivity contribution in [1.29, 1.82) is 0 Å². The van der Waals surface area contributed by atoms with Gasteiger partial charge in [-0.3, -0.25) is 10.1 Å². The number of hydrogen-bond donors (Lipinski definition) is 1. The number of allylic oxidation sites excluding steroid dienone is 4. The van der Waals surface area contributed by atoms with Crippen LogP contribution in [0.2, 0.25) is 5.15 Å². The molecule has 0 bridgehead atoms. The quantitative estimate of drug-likeness (QED) is 0.199. The number of hydrogen-bond acceptors (Lipinski definition) is 7. The average Bonchev–Trinajstić information content (AvgIpc) is 3.51. The van der Waals surface area contributed by atoms with Crippen LogP contribution in [0, 0.1) is 5.92 Å². The summed E-state index contributed by atoms with van der Waals surface area (Å²) in [6.07, 6.45) is 14.0. The van der Waals surface area contributed by atoms with Crippen molar-refractivity contribution in [2.24, 2.45) is 5.92 Å². The highest BCUT2D eigenvalue weighted by Gasteiger charge is 2.20. The van der Waals surface area contributed by atoms with E-state index in [0.29, 0.717) is 50.5 Å². The average molecular weight is 517 g/mol. The molecule has 0 saturated heterocycles. The number of methoxy groups -OCH3 is 1. The van der Waals surface area contributed by atoms with E-state index < -0.39 is 0 Å². The third-order valence-corrected chi connectivity index (χ3v) is 6.55. The molecule has 0 aromatic carbocycles. The van der Waals surface area contributed by atoms with Gasteiger partial charge in [-0.2, -0.15) is 0 Å². The number of halogens is 1. The number of aromatic nitrogens is 3. The Balaban J connectivity index is 1.93. The number of nitrogens with one attached hydrogen (secondary N) is 1. The lowest BCUT2D eigenvalue weighted by molar-refractivity contribution is -0.112. The summed E-state index contributed by atoms with van der Waals surface area (Å²) in [5, 5.41) is 12.3. The number of rotatable bonds is 11. The number of unbranched alkanes of at least 4 members (excludes halogenated alkanes) is 1. The largest absolute Gasteiger partial charge is 0.494 e. The van der Waals surface area contributed by atoms with Crippen molar-refractivity contribution in [3.63, 3.8) is 0 Å². The first-order valence-corrected chi connectivity index (χ1v) is 13.1. The van der Waals surface area contributed by atoms with E-state index in [4.69, 9.17) is 21.1 Å². The Labute approximate surface area is 216 Å². The summed E-state index contributed by atoms with van der Waals surface area (Å²) in [6.45, 7) is 6.67. The summed E-state index contributed by atoms with van der Waals surface area (Å²) in [4.78, 5) is 17.6. The fourth-order valence-electron chi connectivity index (χ4n) is 3.88. The first-order chi connectivity index (χ1) is 16.9. The minimum absolute atomic E-state index is 0.307. The summed E-state index contributed by atoms with van der Waals surface area (Å²) in [6, 6.07) is 1.70. The molecular weight excluding hydrogens is 484 g/mol. The summed E-state index contributed by atoms with van der Waals surface area (Å²) in [5.74, 6) is 0.789. The monoisotopic (exact) mass is 516 g/mol. The lowest BCUT2D eigenvalue weighted by atomic mass is 9.96. The van der Waals surface area contributed by atoms with Crippen molar-refractivity contribution < 1.29 is 14.3 Å². The lowest BCUT2D eigenvalue weighted by Gasteiger charge is -2.14. The van der Waals surface area contributed by atoms with Gasteiger partial charge in [0.15, 0.2) is 0 Å². The second kappa shape index (κ2) is 13.4. The van der Waals surface area contributed by atoms with Gasteiger partial charge in [0.05, 0.1) is 19.9 Å². The molecule has 188 valence electrons. The van der Waals surface area contributed by atoms with E-state index >= 15 is 0 Å². The molecule has 1 saturated carbocycles. The molecule has 1 fully saturated rings. The van der Waals surface area contributed by atoms with E-state index in [1.807, 2.05) is 32.1 Å². The zero-order chi connectivity index (χ0) is 25.2. The molecule has 0 radical (unpaired) electrons. The first kappa shape index (κ1) is 26.9. The van der Waals surface area contributed by atoms with Crippen LogP contribution in [0.4, 0.5) is 5.13 Å². The van der Waals surface area contributed by atoms with Crippen LogP contribution in [0.3, 0.4) is 0 Å². The zero-order valence-corrected chi connectivity index (χ0v) is 22.3. The van der Waals surface area contributed by atoms with Gasteiger partial charge < -0.3 is 9.47 Å². The van der Waals surface area contributed by atoms with Gasteiger partial charge in [-0.1, -0.05) is 66.7 Å². The van der Waals surface area contributed by atoms with Crippen molar-refractivity contribution in [2.45, 2.75) is 59.3 Å². The molecule has 1 aliphatic rings. The SMILES string of the molecule is CCC/C=C/C(C(=O)Nc1nnc(OCC2CCCC2)s1)=C(\C=C(C)C)c1cc(Cl)ncc1OC. The first-order valence-electron chi connectivity index (χ1n) is 11.9. The maximum absolute atomic E-state index is 13.5. The van der Waals surface area contributed by atoms with Crippen LogP contribution in [0.1, 0.15) is 64.9 Å². The Kier molecular flexibility index (Phi) is 10.3. The molecule has 1 aliphatic carbocycles. The maximum Gasteiger partial charge on any atom is 0.295 e. The molecule has 1 amide bonds. The van der Waals surface area contributed by atoms with E-state index in [0.717, 1.165) is 18.4 Å². The van der Waals surface area contributed by atoms with Crippen molar-refractivity contribution in [3.8, 4) is 10.9 Å². The zero-order valence-electron chi connectivity index (χ0n) is 20.8. The second-order valence-electron chi connectivity index (χ2n) is 8.74. The van der Waals surface area contributed by atoms with Crippen LogP contribution in [-0.2, 0) is 4.79 Å². The van der Waals surface area contributed by atoms with Crippen LogP contribution >= 0.6 is 22.9 Å². The smallest absolute Gasteiger partial charge is 0.295 e. The number of carbonyl (C=O) groups excluding carboxylic acids is 1. The van der Waals surface area contributed by atoms with Gasteiger partial charge in [0.2, 0.25) is 5.13 Å². The van der Waals surface area contributed by atoms with Gasteiger partial charge in [0.1, 0.15) is 10.9 Å². The second-order valence-corrected chi connectivity index (χ2v) is 10.1. The Morgan fingerprint density at radius 3 is 2.74 bits per heavy atom. The van der Waals surface area contributed by atoms with E-state index in [1.54, 1.807) is 19.4 Å². The molecule has 9 heteroatoms. The van der Waals surface area contributed by atoms with Crippen LogP contribution in [0.25, 0.3) is 5.57 Å². The number of pyridine rings is 1. The van der Waals surface area contributed by atoms with Crippen molar-refractivity contribution in [1.82, 2.24) is 15.2 Å². The molecule has 35 heavy (non-hydrogen) atoms.